The first kappa shape index (κ1) is 12.8. The minimum absolute atomic E-state index is 0.105. The summed E-state index contributed by atoms with van der Waals surface area (Å²) in [7, 11) is 0. The highest BCUT2D eigenvalue weighted by molar-refractivity contribution is 5.77. The van der Waals surface area contributed by atoms with Crippen molar-refractivity contribution in [2.45, 2.75) is 44.6 Å². The summed E-state index contributed by atoms with van der Waals surface area (Å²) in [6.45, 7) is 4.85. The van der Waals surface area contributed by atoms with Crippen LogP contribution in [0.25, 0.3) is 0 Å². The smallest absolute Gasteiger partial charge is 0.234 e. The highest BCUT2D eigenvalue weighted by Crippen LogP contribution is 2.39. The topological polar surface area (TPSA) is 52.6 Å². The minimum atomic E-state index is -0.435. The van der Waals surface area contributed by atoms with E-state index >= 15 is 0 Å². The Balaban J connectivity index is 1.86. The maximum absolute atomic E-state index is 11.5. The summed E-state index contributed by atoms with van der Waals surface area (Å²) in [5.41, 5.74) is -0.435. The van der Waals surface area contributed by atoms with E-state index in [-0.39, 0.29) is 5.91 Å². The molecule has 1 aliphatic heterocycles. The average Bonchev–Trinajstić information content (AvgIpc) is 2.30. The summed E-state index contributed by atoms with van der Waals surface area (Å²) in [4.78, 5) is 13.7. The van der Waals surface area contributed by atoms with Crippen molar-refractivity contribution in [1.82, 2.24) is 10.2 Å². The van der Waals surface area contributed by atoms with Gasteiger partial charge in [-0.05, 0) is 26.2 Å². The molecule has 17 heavy (non-hydrogen) atoms. The van der Waals surface area contributed by atoms with Gasteiger partial charge in [-0.15, -0.1) is 0 Å². The molecule has 1 aliphatic carbocycles. The lowest BCUT2D eigenvalue weighted by atomic mass is 9.71. The van der Waals surface area contributed by atoms with Crippen LogP contribution in [-0.4, -0.2) is 47.7 Å². The normalized spacial score (nSPS) is 34.1. The number of piperidine rings is 1. The van der Waals surface area contributed by atoms with E-state index in [2.05, 4.69) is 10.2 Å². The van der Waals surface area contributed by atoms with Crippen LogP contribution in [0.1, 0.15) is 39.0 Å². The first-order valence-corrected chi connectivity index (χ1v) is 6.85. The minimum Gasteiger partial charge on any atom is -0.390 e. The Labute approximate surface area is 103 Å². The summed E-state index contributed by atoms with van der Waals surface area (Å²) in [5, 5.41) is 13.4. The first-order valence-electron chi connectivity index (χ1n) is 6.85. The van der Waals surface area contributed by atoms with Crippen molar-refractivity contribution in [3.63, 3.8) is 0 Å². The molecule has 4 heteroatoms. The number of likely N-dealkylation sites (N-methyl/N-ethyl adjacent to an activating group) is 1. The SMILES string of the molecule is CCNC(=O)CN1CCC2(O)CCCCC2C1. The largest absolute Gasteiger partial charge is 0.390 e. The number of hydrogen-bond acceptors (Lipinski definition) is 3. The summed E-state index contributed by atoms with van der Waals surface area (Å²) < 4.78 is 0. The summed E-state index contributed by atoms with van der Waals surface area (Å²) in [6, 6.07) is 0. The third kappa shape index (κ3) is 2.99. The maximum atomic E-state index is 11.5. The highest BCUT2D eigenvalue weighted by atomic mass is 16.3. The molecule has 0 radical (unpaired) electrons. The van der Waals surface area contributed by atoms with Gasteiger partial charge >= 0.3 is 0 Å². The number of amides is 1. The zero-order valence-electron chi connectivity index (χ0n) is 10.7. The highest BCUT2D eigenvalue weighted by Gasteiger charge is 2.42. The summed E-state index contributed by atoms with van der Waals surface area (Å²) >= 11 is 0. The third-order valence-corrected chi connectivity index (χ3v) is 4.25. The van der Waals surface area contributed by atoms with E-state index in [1.54, 1.807) is 0 Å². The lowest BCUT2D eigenvalue weighted by molar-refractivity contribution is -0.127. The van der Waals surface area contributed by atoms with Crippen LogP contribution in [-0.2, 0) is 4.79 Å². The number of nitrogens with one attached hydrogen (secondary N) is 1. The fraction of sp³-hybridized carbons (Fsp3) is 0.923. The average molecular weight is 240 g/mol. The second-order valence-corrected chi connectivity index (χ2v) is 5.48. The van der Waals surface area contributed by atoms with Gasteiger partial charge in [-0.1, -0.05) is 12.8 Å². The van der Waals surface area contributed by atoms with Crippen molar-refractivity contribution in [3.8, 4) is 0 Å². The fourth-order valence-corrected chi connectivity index (χ4v) is 3.24. The molecule has 0 spiro atoms. The van der Waals surface area contributed by atoms with Gasteiger partial charge in [0.15, 0.2) is 0 Å². The van der Waals surface area contributed by atoms with Crippen LogP contribution in [0.15, 0.2) is 0 Å². The number of aliphatic hydroxyl groups is 1. The number of nitrogens with zero attached hydrogens (tertiary/aromatic N) is 1. The predicted molar refractivity (Wildman–Crippen MR) is 66.6 cm³/mol. The third-order valence-electron chi connectivity index (χ3n) is 4.25. The Kier molecular flexibility index (Phi) is 4.05. The molecule has 2 atom stereocenters. The van der Waals surface area contributed by atoms with E-state index in [1.807, 2.05) is 6.92 Å². The lowest BCUT2D eigenvalue weighted by Gasteiger charge is -2.47. The molecular formula is C13H24N2O2. The molecular weight excluding hydrogens is 216 g/mol. The van der Waals surface area contributed by atoms with Gasteiger partial charge in [-0.25, -0.2) is 0 Å². The van der Waals surface area contributed by atoms with Crippen LogP contribution < -0.4 is 5.32 Å². The van der Waals surface area contributed by atoms with Gasteiger partial charge in [0.1, 0.15) is 0 Å². The van der Waals surface area contributed by atoms with Gasteiger partial charge in [-0.2, -0.15) is 0 Å². The van der Waals surface area contributed by atoms with Gasteiger partial charge in [0.05, 0.1) is 12.1 Å². The molecule has 98 valence electrons. The van der Waals surface area contributed by atoms with Crippen LogP contribution in [0.5, 0.6) is 0 Å². The summed E-state index contributed by atoms with van der Waals surface area (Å²) in [5.74, 6) is 0.480. The van der Waals surface area contributed by atoms with Crippen molar-refractivity contribution in [2.75, 3.05) is 26.2 Å². The first-order chi connectivity index (χ1) is 8.14. The van der Waals surface area contributed by atoms with Crippen molar-refractivity contribution >= 4 is 5.91 Å². The molecule has 1 amide bonds. The number of rotatable bonds is 3. The maximum Gasteiger partial charge on any atom is 0.234 e. The Hall–Kier alpha value is -0.610. The van der Waals surface area contributed by atoms with Crippen molar-refractivity contribution in [1.29, 1.82) is 0 Å². The molecule has 0 aromatic rings. The van der Waals surface area contributed by atoms with Crippen LogP contribution in [0, 0.1) is 5.92 Å². The molecule has 0 aromatic heterocycles. The van der Waals surface area contributed by atoms with E-state index in [9.17, 15) is 9.90 Å². The fourth-order valence-electron chi connectivity index (χ4n) is 3.24. The van der Waals surface area contributed by atoms with Gasteiger partial charge in [-0.3, -0.25) is 9.69 Å². The predicted octanol–water partition coefficient (Wildman–Crippen LogP) is 0.749. The lowest BCUT2D eigenvalue weighted by Crippen LogP contribution is -2.54. The van der Waals surface area contributed by atoms with E-state index in [0.29, 0.717) is 19.0 Å². The van der Waals surface area contributed by atoms with Crippen molar-refractivity contribution in [3.05, 3.63) is 0 Å². The van der Waals surface area contributed by atoms with E-state index in [0.717, 1.165) is 38.8 Å². The molecule has 1 saturated heterocycles. The molecule has 1 saturated carbocycles. The van der Waals surface area contributed by atoms with E-state index in [1.165, 1.54) is 6.42 Å². The number of likely N-dealkylation sites (tertiary alicyclic amines) is 1. The van der Waals surface area contributed by atoms with Gasteiger partial charge < -0.3 is 10.4 Å². The van der Waals surface area contributed by atoms with E-state index < -0.39 is 5.60 Å². The zero-order chi connectivity index (χ0) is 12.3. The van der Waals surface area contributed by atoms with Crippen LogP contribution >= 0.6 is 0 Å². The van der Waals surface area contributed by atoms with Crippen molar-refractivity contribution < 1.29 is 9.90 Å². The van der Waals surface area contributed by atoms with Gasteiger partial charge in [0.2, 0.25) is 5.91 Å². The van der Waals surface area contributed by atoms with Crippen molar-refractivity contribution in [2.24, 2.45) is 5.92 Å². The Morgan fingerprint density at radius 2 is 2.29 bits per heavy atom. The molecule has 0 bridgehead atoms. The van der Waals surface area contributed by atoms with Crippen LogP contribution in [0.2, 0.25) is 0 Å². The monoisotopic (exact) mass is 240 g/mol. The molecule has 2 fully saturated rings. The number of hydrogen-bond donors (Lipinski definition) is 2. The number of carbonyl (C=O) groups excluding carboxylic acids is 1. The second-order valence-electron chi connectivity index (χ2n) is 5.48. The van der Waals surface area contributed by atoms with Gasteiger partial charge in [0, 0.05) is 25.6 Å². The molecule has 2 unspecified atom stereocenters. The Morgan fingerprint density at radius 3 is 3.06 bits per heavy atom. The Morgan fingerprint density at radius 1 is 1.47 bits per heavy atom. The molecule has 4 nitrogen and oxygen atoms in total. The standard InChI is InChI=1S/C13H24N2O2/c1-2-14-12(16)10-15-8-7-13(17)6-4-3-5-11(13)9-15/h11,17H,2-10H2,1H3,(H,14,16). The zero-order valence-corrected chi connectivity index (χ0v) is 10.7. The summed E-state index contributed by atoms with van der Waals surface area (Å²) in [6.07, 6.45) is 5.28. The molecule has 2 aliphatic rings. The van der Waals surface area contributed by atoms with E-state index in [4.69, 9.17) is 0 Å². The molecule has 0 aromatic carbocycles. The quantitative estimate of drug-likeness (QED) is 0.765. The number of fused-ring (bicyclic) bond motifs is 1. The molecule has 1 heterocycles. The second kappa shape index (κ2) is 5.36. The van der Waals surface area contributed by atoms with Crippen LogP contribution in [0.3, 0.4) is 0 Å². The van der Waals surface area contributed by atoms with Gasteiger partial charge in [0.25, 0.3) is 0 Å². The Bertz CT molecular complexity index is 283. The van der Waals surface area contributed by atoms with Crippen LogP contribution in [0.4, 0.5) is 0 Å². The molecule has 2 rings (SSSR count). The number of carbonyl (C=O) groups is 1. The molecule has 2 N–H and O–H groups in total.